The monoisotopic (exact) mass is 377 g/mol. The standard InChI is InChI=1S/C14H10Cl3NO3S/c1-8(19)9-4-2-7-12(13(9)17)18-22(20,21)14-10(15)5-3-6-11(14)16/h2-7,18H,1H3. The summed E-state index contributed by atoms with van der Waals surface area (Å²) in [6, 6.07) is 8.83. The Hall–Kier alpha value is -1.27. The number of hydrogen-bond donors (Lipinski definition) is 1. The van der Waals surface area contributed by atoms with Gasteiger partial charge in [0, 0.05) is 5.56 Å². The summed E-state index contributed by atoms with van der Waals surface area (Å²) in [4.78, 5) is 11.2. The number of hydrogen-bond acceptors (Lipinski definition) is 3. The highest BCUT2D eigenvalue weighted by atomic mass is 35.5. The molecule has 0 unspecified atom stereocenters. The van der Waals surface area contributed by atoms with Crippen LogP contribution in [-0.2, 0) is 10.0 Å². The van der Waals surface area contributed by atoms with Crippen LogP contribution in [0.1, 0.15) is 17.3 Å². The summed E-state index contributed by atoms with van der Waals surface area (Å²) in [5.41, 5.74) is 0.289. The minimum absolute atomic E-state index is 0.0150. The maximum Gasteiger partial charge on any atom is 0.264 e. The highest BCUT2D eigenvalue weighted by Gasteiger charge is 2.23. The van der Waals surface area contributed by atoms with Gasteiger partial charge in [-0.3, -0.25) is 9.52 Å². The summed E-state index contributed by atoms with van der Waals surface area (Å²) in [6.45, 7) is 1.34. The molecular formula is C14H10Cl3NO3S. The number of benzene rings is 2. The van der Waals surface area contributed by atoms with Crippen LogP contribution in [0.4, 0.5) is 5.69 Å². The molecule has 0 radical (unpaired) electrons. The third-order valence-electron chi connectivity index (χ3n) is 2.81. The number of rotatable bonds is 4. The van der Waals surface area contributed by atoms with Crippen LogP contribution in [0.5, 0.6) is 0 Å². The Balaban J connectivity index is 2.51. The van der Waals surface area contributed by atoms with Gasteiger partial charge in [0.15, 0.2) is 5.78 Å². The Morgan fingerprint density at radius 2 is 1.55 bits per heavy atom. The first kappa shape index (κ1) is 17.1. The Bertz CT molecular complexity index is 830. The van der Waals surface area contributed by atoms with Crippen molar-refractivity contribution in [2.75, 3.05) is 4.72 Å². The van der Waals surface area contributed by atoms with Crippen molar-refractivity contribution < 1.29 is 13.2 Å². The third kappa shape index (κ3) is 3.38. The highest BCUT2D eigenvalue weighted by Crippen LogP contribution is 2.33. The van der Waals surface area contributed by atoms with Crippen LogP contribution in [0.15, 0.2) is 41.3 Å². The van der Waals surface area contributed by atoms with Gasteiger partial charge in [0.2, 0.25) is 0 Å². The van der Waals surface area contributed by atoms with E-state index in [-0.39, 0.29) is 37.0 Å². The zero-order valence-corrected chi connectivity index (χ0v) is 14.3. The molecule has 1 N–H and O–H groups in total. The molecule has 2 rings (SSSR count). The summed E-state index contributed by atoms with van der Waals surface area (Å²) in [7, 11) is -4.05. The van der Waals surface area contributed by atoms with E-state index in [0.717, 1.165) is 0 Å². The van der Waals surface area contributed by atoms with Crippen molar-refractivity contribution in [3.63, 3.8) is 0 Å². The number of nitrogens with one attached hydrogen (secondary N) is 1. The molecule has 22 heavy (non-hydrogen) atoms. The Morgan fingerprint density at radius 1 is 1.00 bits per heavy atom. The quantitative estimate of drug-likeness (QED) is 0.788. The van der Waals surface area contributed by atoms with Gasteiger partial charge >= 0.3 is 0 Å². The van der Waals surface area contributed by atoms with Crippen molar-refractivity contribution in [1.29, 1.82) is 0 Å². The molecule has 0 saturated carbocycles. The summed E-state index contributed by atoms with van der Waals surface area (Å²) < 4.78 is 27.2. The Kier molecular flexibility index (Phi) is 5.02. The summed E-state index contributed by atoms with van der Waals surface area (Å²) in [6.07, 6.45) is 0. The van der Waals surface area contributed by atoms with Crippen molar-refractivity contribution in [3.05, 3.63) is 57.0 Å². The largest absolute Gasteiger partial charge is 0.294 e. The maximum atomic E-state index is 12.5. The lowest BCUT2D eigenvalue weighted by Gasteiger charge is -2.13. The molecule has 2 aromatic carbocycles. The van der Waals surface area contributed by atoms with Crippen molar-refractivity contribution in [1.82, 2.24) is 0 Å². The molecule has 0 bridgehead atoms. The second kappa shape index (κ2) is 6.46. The van der Waals surface area contributed by atoms with Crippen LogP contribution >= 0.6 is 34.8 Å². The molecule has 0 heterocycles. The van der Waals surface area contributed by atoms with Gasteiger partial charge in [-0.15, -0.1) is 0 Å². The number of ketones is 1. The molecule has 2 aromatic rings. The molecule has 0 spiro atoms. The summed E-state index contributed by atoms with van der Waals surface area (Å²) >= 11 is 17.9. The fourth-order valence-corrected chi connectivity index (χ4v) is 4.40. The first-order chi connectivity index (χ1) is 10.2. The molecule has 0 aliphatic heterocycles. The van der Waals surface area contributed by atoms with Gasteiger partial charge in [-0.2, -0.15) is 0 Å². The number of carbonyl (C=O) groups is 1. The molecule has 0 aliphatic rings. The minimum Gasteiger partial charge on any atom is -0.294 e. The van der Waals surface area contributed by atoms with Crippen molar-refractivity contribution in [2.24, 2.45) is 0 Å². The predicted molar refractivity (Wildman–Crippen MR) is 88.7 cm³/mol. The molecular weight excluding hydrogens is 369 g/mol. The Morgan fingerprint density at radius 3 is 2.09 bits per heavy atom. The molecule has 0 saturated heterocycles. The smallest absolute Gasteiger partial charge is 0.264 e. The van der Waals surface area contributed by atoms with Crippen molar-refractivity contribution in [3.8, 4) is 0 Å². The van der Waals surface area contributed by atoms with E-state index in [1.165, 1.54) is 43.3 Å². The first-order valence-corrected chi connectivity index (χ1v) is 8.62. The van der Waals surface area contributed by atoms with Crippen LogP contribution in [0.2, 0.25) is 15.1 Å². The fraction of sp³-hybridized carbons (Fsp3) is 0.0714. The molecule has 8 heteroatoms. The second-order valence-electron chi connectivity index (χ2n) is 4.38. The second-order valence-corrected chi connectivity index (χ2v) is 7.19. The molecule has 0 amide bonds. The van der Waals surface area contributed by atoms with Crippen LogP contribution in [0.25, 0.3) is 0 Å². The van der Waals surface area contributed by atoms with E-state index in [1.807, 2.05) is 0 Å². The molecule has 4 nitrogen and oxygen atoms in total. The van der Waals surface area contributed by atoms with E-state index in [2.05, 4.69) is 4.72 Å². The van der Waals surface area contributed by atoms with E-state index < -0.39 is 10.0 Å². The van der Waals surface area contributed by atoms with Crippen LogP contribution in [0, 0.1) is 0 Å². The number of sulfonamides is 1. The maximum absolute atomic E-state index is 12.5. The zero-order valence-electron chi connectivity index (χ0n) is 11.2. The van der Waals surface area contributed by atoms with Crippen LogP contribution < -0.4 is 4.72 Å². The Labute approximate surface area is 143 Å². The van der Waals surface area contributed by atoms with Crippen molar-refractivity contribution in [2.45, 2.75) is 11.8 Å². The fourth-order valence-electron chi connectivity index (χ4n) is 1.82. The van der Waals surface area contributed by atoms with Gasteiger partial charge < -0.3 is 0 Å². The molecule has 116 valence electrons. The van der Waals surface area contributed by atoms with Crippen LogP contribution in [0.3, 0.4) is 0 Å². The van der Waals surface area contributed by atoms with E-state index in [0.29, 0.717) is 0 Å². The predicted octanol–water partition coefficient (Wildman–Crippen LogP) is 4.65. The van der Waals surface area contributed by atoms with Gasteiger partial charge in [-0.05, 0) is 31.2 Å². The lowest BCUT2D eigenvalue weighted by atomic mass is 10.1. The molecule has 0 aliphatic carbocycles. The van der Waals surface area contributed by atoms with E-state index >= 15 is 0 Å². The van der Waals surface area contributed by atoms with Crippen molar-refractivity contribution >= 4 is 56.3 Å². The topological polar surface area (TPSA) is 63.2 Å². The average molecular weight is 379 g/mol. The first-order valence-electron chi connectivity index (χ1n) is 6.00. The van der Waals surface area contributed by atoms with Gasteiger partial charge in [0.05, 0.1) is 20.8 Å². The minimum atomic E-state index is -4.05. The van der Waals surface area contributed by atoms with Gasteiger partial charge in [-0.25, -0.2) is 8.42 Å². The molecule has 0 atom stereocenters. The molecule has 0 aromatic heterocycles. The average Bonchev–Trinajstić information content (AvgIpc) is 2.40. The normalized spacial score (nSPS) is 11.3. The van der Waals surface area contributed by atoms with E-state index in [1.54, 1.807) is 0 Å². The molecule has 0 fully saturated rings. The SMILES string of the molecule is CC(=O)c1cccc(NS(=O)(=O)c2c(Cl)cccc2Cl)c1Cl. The third-order valence-corrected chi connectivity index (χ3v) is 5.54. The lowest BCUT2D eigenvalue weighted by molar-refractivity contribution is 0.101. The number of carbonyl (C=O) groups excluding carboxylic acids is 1. The summed E-state index contributed by atoms with van der Waals surface area (Å²) in [5, 5.41) is -0.0144. The van der Waals surface area contributed by atoms with Gasteiger partial charge in [-0.1, -0.05) is 46.9 Å². The zero-order chi connectivity index (χ0) is 16.5. The van der Waals surface area contributed by atoms with Crippen LogP contribution in [-0.4, -0.2) is 14.2 Å². The van der Waals surface area contributed by atoms with E-state index in [4.69, 9.17) is 34.8 Å². The number of halogens is 3. The van der Waals surface area contributed by atoms with E-state index in [9.17, 15) is 13.2 Å². The lowest BCUT2D eigenvalue weighted by Crippen LogP contribution is -2.15. The number of Topliss-reactive ketones (excluding diaryl/α,β-unsaturated/α-hetero) is 1. The van der Waals surface area contributed by atoms with Gasteiger partial charge in [0.25, 0.3) is 10.0 Å². The summed E-state index contributed by atoms with van der Waals surface area (Å²) in [5.74, 6) is -0.276. The van der Waals surface area contributed by atoms with Gasteiger partial charge in [0.1, 0.15) is 4.90 Å². The highest BCUT2D eigenvalue weighted by molar-refractivity contribution is 7.93. The number of anilines is 1.